The van der Waals surface area contributed by atoms with Gasteiger partial charge in [-0.15, -0.1) is 12.4 Å². The summed E-state index contributed by atoms with van der Waals surface area (Å²) < 4.78 is 5.71. The average molecular weight is 313 g/mol. The van der Waals surface area contributed by atoms with Gasteiger partial charge >= 0.3 is 0 Å². The maximum atomic E-state index is 12.3. The Balaban J connectivity index is 0.00000220. The zero-order valence-corrected chi connectivity index (χ0v) is 13.8. The SMILES string of the molecule is CNCC1CCCN1C(=O)COc1cc(C)ccc1C.Cl. The van der Waals surface area contributed by atoms with Crippen molar-refractivity contribution >= 4 is 18.3 Å². The highest BCUT2D eigenvalue weighted by Gasteiger charge is 2.28. The minimum atomic E-state index is 0. The Labute approximate surface area is 133 Å². The maximum Gasteiger partial charge on any atom is 0.260 e. The smallest absolute Gasteiger partial charge is 0.260 e. The van der Waals surface area contributed by atoms with Gasteiger partial charge in [-0.25, -0.2) is 0 Å². The lowest BCUT2D eigenvalue weighted by atomic mass is 10.1. The minimum absolute atomic E-state index is 0. The molecule has 21 heavy (non-hydrogen) atoms. The predicted molar refractivity (Wildman–Crippen MR) is 87.3 cm³/mol. The van der Waals surface area contributed by atoms with E-state index in [2.05, 4.69) is 5.32 Å². The number of benzene rings is 1. The molecule has 1 N–H and O–H groups in total. The van der Waals surface area contributed by atoms with Crippen LogP contribution in [0.3, 0.4) is 0 Å². The molecule has 1 aliphatic rings. The third-order valence-electron chi connectivity index (χ3n) is 3.83. The Morgan fingerprint density at radius 3 is 2.90 bits per heavy atom. The van der Waals surface area contributed by atoms with Crippen molar-refractivity contribution in [2.45, 2.75) is 32.7 Å². The number of halogens is 1. The molecule has 0 spiro atoms. The second-order valence-electron chi connectivity index (χ2n) is 5.50. The van der Waals surface area contributed by atoms with Crippen LogP contribution in [0.4, 0.5) is 0 Å². The standard InChI is InChI=1S/C16H24N2O2.ClH/c1-12-6-7-13(2)15(9-12)20-11-16(19)18-8-4-5-14(18)10-17-3;/h6-7,9,14,17H,4-5,8,10-11H2,1-3H3;1H. The summed E-state index contributed by atoms with van der Waals surface area (Å²) in [6.07, 6.45) is 2.16. The normalized spacial score (nSPS) is 17.5. The summed E-state index contributed by atoms with van der Waals surface area (Å²) in [4.78, 5) is 14.2. The molecule has 1 unspecified atom stereocenters. The molecule has 118 valence electrons. The van der Waals surface area contributed by atoms with Crippen molar-refractivity contribution < 1.29 is 9.53 Å². The molecule has 0 saturated carbocycles. The fourth-order valence-corrected chi connectivity index (χ4v) is 2.70. The Bertz CT molecular complexity index is 479. The molecule has 0 aliphatic carbocycles. The van der Waals surface area contributed by atoms with E-state index in [9.17, 15) is 4.79 Å². The van der Waals surface area contributed by atoms with Gasteiger partial charge in [-0.3, -0.25) is 4.79 Å². The molecule has 5 heteroatoms. The van der Waals surface area contributed by atoms with E-state index >= 15 is 0 Å². The molecule has 1 atom stereocenters. The molecule has 4 nitrogen and oxygen atoms in total. The largest absolute Gasteiger partial charge is 0.483 e. The number of hydrogen-bond donors (Lipinski definition) is 1. The van der Waals surface area contributed by atoms with E-state index < -0.39 is 0 Å². The van der Waals surface area contributed by atoms with E-state index in [0.29, 0.717) is 6.04 Å². The van der Waals surface area contributed by atoms with Crippen LogP contribution in [-0.2, 0) is 4.79 Å². The number of likely N-dealkylation sites (tertiary alicyclic amines) is 1. The number of nitrogens with one attached hydrogen (secondary N) is 1. The summed E-state index contributed by atoms with van der Waals surface area (Å²) in [5.41, 5.74) is 2.21. The Morgan fingerprint density at radius 1 is 1.43 bits per heavy atom. The van der Waals surface area contributed by atoms with E-state index in [4.69, 9.17) is 4.74 Å². The van der Waals surface area contributed by atoms with Crippen molar-refractivity contribution in [2.24, 2.45) is 0 Å². The molecule has 0 bridgehead atoms. The Hall–Kier alpha value is -1.26. The van der Waals surface area contributed by atoms with Gasteiger partial charge in [-0.1, -0.05) is 12.1 Å². The van der Waals surface area contributed by atoms with Crippen LogP contribution in [0.2, 0.25) is 0 Å². The van der Waals surface area contributed by atoms with Gasteiger partial charge in [-0.2, -0.15) is 0 Å². The number of likely N-dealkylation sites (N-methyl/N-ethyl adjacent to an activating group) is 1. The number of hydrogen-bond acceptors (Lipinski definition) is 3. The Kier molecular flexibility index (Phi) is 6.99. The lowest BCUT2D eigenvalue weighted by Gasteiger charge is -2.24. The quantitative estimate of drug-likeness (QED) is 0.907. The van der Waals surface area contributed by atoms with E-state index in [1.807, 2.05) is 44.0 Å². The van der Waals surface area contributed by atoms with Crippen molar-refractivity contribution in [3.05, 3.63) is 29.3 Å². The van der Waals surface area contributed by atoms with Crippen LogP contribution < -0.4 is 10.1 Å². The molecule has 1 amide bonds. The number of rotatable bonds is 5. The molecule has 2 rings (SSSR count). The summed E-state index contributed by atoms with van der Waals surface area (Å²) in [5, 5.41) is 3.15. The minimum Gasteiger partial charge on any atom is -0.483 e. The highest BCUT2D eigenvalue weighted by molar-refractivity contribution is 5.85. The van der Waals surface area contributed by atoms with Gasteiger partial charge in [0.05, 0.1) is 0 Å². The molecular weight excluding hydrogens is 288 g/mol. The van der Waals surface area contributed by atoms with Crippen molar-refractivity contribution in [3.8, 4) is 5.75 Å². The number of carbonyl (C=O) groups excluding carboxylic acids is 1. The first-order valence-electron chi connectivity index (χ1n) is 7.26. The van der Waals surface area contributed by atoms with Gasteiger partial charge in [0.15, 0.2) is 6.61 Å². The lowest BCUT2D eigenvalue weighted by Crippen LogP contribution is -2.43. The summed E-state index contributed by atoms with van der Waals surface area (Å²) >= 11 is 0. The topological polar surface area (TPSA) is 41.6 Å². The number of ether oxygens (including phenoxy) is 1. The summed E-state index contributed by atoms with van der Waals surface area (Å²) in [5.74, 6) is 0.895. The first kappa shape index (κ1) is 17.8. The summed E-state index contributed by atoms with van der Waals surface area (Å²) in [6, 6.07) is 6.37. The third-order valence-corrected chi connectivity index (χ3v) is 3.83. The van der Waals surface area contributed by atoms with E-state index in [-0.39, 0.29) is 24.9 Å². The molecule has 1 aromatic rings. The van der Waals surface area contributed by atoms with Gasteiger partial charge in [0.25, 0.3) is 5.91 Å². The molecule has 0 aromatic heterocycles. The molecule has 1 fully saturated rings. The molecule has 1 aliphatic heterocycles. The fraction of sp³-hybridized carbons (Fsp3) is 0.562. The van der Waals surface area contributed by atoms with Crippen LogP contribution in [0.1, 0.15) is 24.0 Å². The number of aryl methyl sites for hydroxylation is 2. The van der Waals surface area contributed by atoms with Gasteiger partial charge in [0.2, 0.25) is 0 Å². The van der Waals surface area contributed by atoms with Crippen LogP contribution in [0.25, 0.3) is 0 Å². The lowest BCUT2D eigenvalue weighted by molar-refractivity contribution is -0.134. The number of amides is 1. The second kappa shape index (κ2) is 8.25. The van der Waals surface area contributed by atoms with E-state index in [0.717, 1.165) is 42.8 Å². The molecule has 0 radical (unpaired) electrons. The number of nitrogens with zero attached hydrogens (tertiary/aromatic N) is 1. The van der Waals surface area contributed by atoms with E-state index in [1.54, 1.807) is 0 Å². The van der Waals surface area contributed by atoms with Gasteiger partial charge in [0.1, 0.15) is 5.75 Å². The third kappa shape index (κ3) is 4.61. The van der Waals surface area contributed by atoms with E-state index in [1.165, 1.54) is 0 Å². The zero-order valence-electron chi connectivity index (χ0n) is 13.0. The van der Waals surface area contributed by atoms with Crippen molar-refractivity contribution in [2.75, 3.05) is 26.7 Å². The maximum absolute atomic E-state index is 12.3. The van der Waals surface area contributed by atoms with Crippen LogP contribution in [-0.4, -0.2) is 43.6 Å². The van der Waals surface area contributed by atoms with Crippen molar-refractivity contribution in [1.82, 2.24) is 10.2 Å². The first-order valence-corrected chi connectivity index (χ1v) is 7.26. The van der Waals surface area contributed by atoms with Crippen LogP contribution in [0.5, 0.6) is 5.75 Å². The molecule has 1 saturated heterocycles. The zero-order chi connectivity index (χ0) is 14.5. The van der Waals surface area contributed by atoms with Crippen LogP contribution >= 0.6 is 12.4 Å². The van der Waals surface area contributed by atoms with Crippen LogP contribution in [0, 0.1) is 13.8 Å². The predicted octanol–water partition coefficient (Wildman–Crippen LogP) is 2.31. The van der Waals surface area contributed by atoms with Crippen molar-refractivity contribution in [3.63, 3.8) is 0 Å². The molecule has 1 aromatic carbocycles. The molecule has 1 heterocycles. The van der Waals surface area contributed by atoms with Gasteiger partial charge in [0, 0.05) is 19.1 Å². The fourth-order valence-electron chi connectivity index (χ4n) is 2.70. The summed E-state index contributed by atoms with van der Waals surface area (Å²) in [6.45, 7) is 5.86. The van der Waals surface area contributed by atoms with Gasteiger partial charge < -0.3 is 15.0 Å². The highest BCUT2D eigenvalue weighted by atomic mass is 35.5. The van der Waals surface area contributed by atoms with Crippen LogP contribution in [0.15, 0.2) is 18.2 Å². The van der Waals surface area contributed by atoms with Gasteiger partial charge in [-0.05, 0) is 50.9 Å². The first-order chi connectivity index (χ1) is 9.61. The second-order valence-corrected chi connectivity index (χ2v) is 5.50. The highest BCUT2D eigenvalue weighted by Crippen LogP contribution is 2.20. The van der Waals surface area contributed by atoms with Crippen molar-refractivity contribution in [1.29, 1.82) is 0 Å². The molecular formula is C16H25ClN2O2. The average Bonchev–Trinajstić information content (AvgIpc) is 2.88. The number of carbonyl (C=O) groups is 1. The summed E-state index contributed by atoms with van der Waals surface area (Å²) in [7, 11) is 1.92. The Morgan fingerprint density at radius 2 is 2.19 bits per heavy atom. The monoisotopic (exact) mass is 312 g/mol.